The van der Waals surface area contributed by atoms with E-state index in [4.69, 9.17) is 10.7 Å². The van der Waals surface area contributed by atoms with Gasteiger partial charge in [-0.2, -0.15) is 0 Å². The van der Waals surface area contributed by atoms with Crippen molar-refractivity contribution < 1.29 is 8.78 Å². The smallest absolute Gasteiger partial charge is 0.202 e. The standard InChI is InChI=1S/C8H7ClF2S/c1-8(10,11)6-2-4-7(12-9)5-3-6/h2-5H,1H3. The summed E-state index contributed by atoms with van der Waals surface area (Å²) in [5.74, 6) is -2.77. The van der Waals surface area contributed by atoms with Gasteiger partial charge in [-0.25, -0.2) is 8.78 Å². The van der Waals surface area contributed by atoms with Crippen LogP contribution in [-0.4, -0.2) is 0 Å². The highest BCUT2D eigenvalue weighted by Gasteiger charge is 2.23. The second kappa shape index (κ2) is 3.62. The molecule has 0 bridgehead atoms. The Labute approximate surface area is 78.4 Å². The van der Waals surface area contributed by atoms with E-state index in [0.717, 1.165) is 22.8 Å². The molecule has 0 fully saturated rings. The minimum atomic E-state index is -2.77. The molecule has 0 N–H and O–H groups in total. The van der Waals surface area contributed by atoms with Gasteiger partial charge in [-0.05, 0) is 33.8 Å². The summed E-state index contributed by atoms with van der Waals surface area (Å²) in [6.45, 7) is 0.871. The monoisotopic (exact) mass is 208 g/mol. The fourth-order valence-electron chi connectivity index (χ4n) is 0.799. The van der Waals surface area contributed by atoms with Crippen molar-refractivity contribution in [1.82, 2.24) is 0 Å². The maximum atomic E-state index is 12.7. The fourth-order valence-corrected chi connectivity index (χ4v) is 1.35. The minimum Gasteiger partial charge on any atom is -0.202 e. The van der Waals surface area contributed by atoms with Crippen molar-refractivity contribution in [2.45, 2.75) is 17.7 Å². The van der Waals surface area contributed by atoms with Crippen LogP contribution in [-0.2, 0) is 5.92 Å². The van der Waals surface area contributed by atoms with Gasteiger partial charge in [-0.1, -0.05) is 12.1 Å². The van der Waals surface area contributed by atoms with Gasteiger partial charge in [0.15, 0.2) is 0 Å². The van der Waals surface area contributed by atoms with E-state index in [2.05, 4.69) is 0 Å². The lowest BCUT2D eigenvalue weighted by molar-refractivity contribution is 0.0174. The molecule has 0 aliphatic carbocycles. The largest absolute Gasteiger partial charge is 0.270 e. The topological polar surface area (TPSA) is 0 Å². The Balaban J connectivity index is 2.93. The number of hydrogen-bond donors (Lipinski definition) is 0. The van der Waals surface area contributed by atoms with Crippen LogP contribution in [0.25, 0.3) is 0 Å². The van der Waals surface area contributed by atoms with Crippen molar-refractivity contribution in [3.8, 4) is 0 Å². The lowest BCUT2D eigenvalue weighted by atomic mass is 10.1. The maximum absolute atomic E-state index is 12.7. The second-order valence-corrected chi connectivity index (χ2v) is 3.58. The van der Waals surface area contributed by atoms with Crippen LogP contribution in [0.5, 0.6) is 0 Å². The summed E-state index contributed by atoms with van der Waals surface area (Å²) < 4.78 is 25.3. The molecule has 0 atom stereocenters. The van der Waals surface area contributed by atoms with Gasteiger partial charge in [-0.15, -0.1) is 0 Å². The van der Waals surface area contributed by atoms with E-state index in [1.165, 1.54) is 12.1 Å². The third kappa shape index (κ3) is 2.35. The van der Waals surface area contributed by atoms with E-state index in [1.807, 2.05) is 0 Å². The van der Waals surface area contributed by atoms with Crippen molar-refractivity contribution in [3.63, 3.8) is 0 Å². The maximum Gasteiger partial charge on any atom is 0.270 e. The summed E-state index contributed by atoms with van der Waals surface area (Å²) in [6.07, 6.45) is 0. The first-order valence-electron chi connectivity index (χ1n) is 3.31. The average molecular weight is 209 g/mol. The molecule has 66 valence electrons. The molecular weight excluding hydrogens is 202 g/mol. The highest BCUT2D eigenvalue weighted by atomic mass is 35.7. The molecule has 0 amide bonds. The lowest BCUT2D eigenvalue weighted by Gasteiger charge is -2.09. The van der Waals surface area contributed by atoms with Gasteiger partial charge in [-0.3, -0.25) is 0 Å². The van der Waals surface area contributed by atoms with Gasteiger partial charge in [0.2, 0.25) is 0 Å². The number of rotatable bonds is 2. The summed E-state index contributed by atoms with van der Waals surface area (Å²) in [7, 11) is 6.44. The Morgan fingerprint density at radius 3 is 2.08 bits per heavy atom. The molecule has 0 saturated carbocycles. The van der Waals surface area contributed by atoms with Gasteiger partial charge in [0.1, 0.15) is 0 Å². The molecule has 0 aromatic heterocycles. The van der Waals surface area contributed by atoms with Crippen LogP contribution in [0.1, 0.15) is 12.5 Å². The second-order valence-electron chi connectivity index (χ2n) is 2.49. The molecule has 0 heterocycles. The molecule has 0 nitrogen and oxygen atoms in total. The van der Waals surface area contributed by atoms with Crippen LogP contribution >= 0.6 is 21.7 Å². The van der Waals surface area contributed by atoms with Crippen LogP contribution in [0.3, 0.4) is 0 Å². The summed E-state index contributed by atoms with van der Waals surface area (Å²) in [6, 6.07) is 5.91. The van der Waals surface area contributed by atoms with Crippen LogP contribution in [0.4, 0.5) is 8.78 Å². The van der Waals surface area contributed by atoms with Crippen molar-refractivity contribution in [1.29, 1.82) is 0 Å². The number of benzene rings is 1. The molecule has 1 aromatic carbocycles. The van der Waals surface area contributed by atoms with Crippen molar-refractivity contribution in [3.05, 3.63) is 29.8 Å². The Morgan fingerprint density at radius 1 is 1.25 bits per heavy atom. The van der Waals surface area contributed by atoms with E-state index < -0.39 is 5.92 Å². The Kier molecular flexibility index (Phi) is 2.96. The molecule has 0 radical (unpaired) electrons. The lowest BCUT2D eigenvalue weighted by Crippen LogP contribution is -2.05. The van der Waals surface area contributed by atoms with Crippen molar-refractivity contribution in [2.75, 3.05) is 0 Å². The van der Waals surface area contributed by atoms with E-state index in [0.29, 0.717) is 0 Å². The Morgan fingerprint density at radius 2 is 1.75 bits per heavy atom. The molecule has 0 saturated heterocycles. The molecule has 12 heavy (non-hydrogen) atoms. The highest BCUT2D eigenvalue weighted by molar-refractivity contribution is 8.21. The molecule has 1 rings (SSSR count). The zero-order chi connectivity index (χ0) is 9.19. The summed E-state index contributed by atoms with van der Waals surface area (Å²) in [4.78, 5) is 0.768. The third-order valence-corrected chi connectivity index (χ3v) is 2.44. The van der Waals surface area contributed by atoms with Crippen LogP contribution in [0, 0.1) is 0 Å². The fraction of sp³-hybridized carbons (Fsp3) is 0.250. The summed E-state index contributed by atoms with van der Waals surface area (Å²) >= 11 is 0. The van der Waals surface area contributed by atoms with E-state index in [-0.39, 0.29) is 5.56 Å². The highest BCUT2D eigenvalue weighted by Crippen LogP contribution is 2.29. The Bertz CT molecular complexity index is 253. The third-order valence-electron chi connectivity index (χ3n) is 1.45. The van der Waals surface area contributed by atoms with Crippen LogP contribution in [0.15, 0.2) is 29.2 Å². The summed E-state index contributed by atoms with van der Waals surface area (Å²) in [5, 5.41) is 0. The predicted octanol–water partition coefficient (Wildman–Crippen LogP) is 4.04. The van der Waals surface area contributed by atoms with E-state index in [1.54, 1.807) is 12.1 Å². The van der Waals surface area contributed by atoms with E-state index in [9.17, 15) is 8.78 Å². The first kappa shape index (κ1) is 9.81. The van der Waals surface area contributed by atoms with Crippen LogP contribution in [0.2, 0.25) is 0 Å². The zero-order valence-electron chi connectivity index (χ0n) is 6.35. The number of hydrogen-bond acceptors (Lipinski definition) is 1. The van der Waals surface area contributed by atoms with Gasteiger partial charge in [0.05, 0.1) is 0 Å². The first-order valence-corrected chi connectivity index (χ1v) is 4.95. The molecule has 0 unspecified atom stereocenters. The van der Waals surface area contributed by atoms with Crippen molar-refractivity contribution >= 4 is 21.7 Å². The molecule has 0 aliphatic rings. The Hall–Kier alpha value is -0.280. The quantitative estimate of drug-likeness (QED) is 0.707. The summed E-state index contributed by atoms with van der Waals surface area (Å²) in [5.41, 5.74) is 0.0111. The van der Waals surface area contributed by atoms with Gasteiger partial charge in [0.25, 0.3) is 5.92 Å². The predicted molar refractivity (Wildman–Crippen MR) is 47.7 cm³/mol. The average Bonchev–Trinajstić information content (AvgIpc) is 2.03. The van der Waals surface area contributed by atoms with Crippen molar-refractivity contribution in [2.24, 2.45) is 0 Å². The SMILES string of the molecule is CC(F)(F)c1ccc(SCl)cc1. The molecule has 4 heteroatoms. The molecular formula is C8H7ClF2S. The van der Waals surface area contributed by atoms with Crippen LogP contribution < -0.4 is 0 Å². The van der Waals surface area contributed by atoms with Gasteiger partial charge < -0.3 is 0 Å². The number of alkyl halides is 2. The van der Waals surface area contributed by atoms with Gasteiger partial charge in [0, 0.05) is 17.4 Å². The minimum absolute atomic E-state index is 0.0111. The zero-order valence-corrected chi connectivity index (χ0v) is 7.92. The molecule has 1 aromatic rings. The molecule has 0 aliphatic heterocycles. The first-order chi connectivity index (χ1) is 5.54. The normalized spacial score (nSPS) is 11.7. The molecule has 0 spiro atoms. The van der Waals surface area contributed by atoms with Gasteiger partial charge >= 0.3 is 0 Å². The number of halogens is 3. The van der Waals surface area contributed by atoms with E-state index >= 15 is 0 Å².